The van der Waals surface area contributed by atoms with Crippen LogP contribution in [0.5, 0.6) is 0 Å². The molecule has 0 aromatic heterocycles. The molecule has 0 amide bonds. The van der Waals surface area contributed by atoms with Gasteiger partial charge in [0.05, 0.1) is 0 Å². The molecule has 0 saturated carbocycles. The number of rotatable bonds is 0. The topological polar surface area (TPSA) is 26.0 Å². The van der Waals surface area contributed by atoms with Gasteiger partial charge in [0.2, 0.25) is 0 Å². The summed E-state index contributed by atoms with van der Waals surface area (Å²) >= 11 is 2.04. The summed E-state index contributed by atoms with van der Waals surface area (Å²) < 4.78 is 1.24. The fraction of sp³-hybridized carbons (Fsp3) is 0. The summed E-state index contributed by atoms with van der Waals surface area (Å²) in [7, 11) is 0. The van der Waals surface area contributed by atoms with Crippen molar-refractivity contribution in [2.24, 2.45) is 5.73 Å². The number of nitrogens with two attached hydrogens (primary N) is 1. The summed E-state index contributed by atoms with van der Waals surface area (Å²) in [5.41, 5.74) is 6.40. The van der Waals surface area contributed by atoms with Crippen molar-refractivity contribution in [2.75, 3.05) is 0 Å². The van der Waals surface area contributed by atoms with E-state index in [0.29, 0.717) is 0 Å². The maximum atomic E-state index is 5.27. The van der Waals surface area contributed by atoms with Crippen LogP contribution in [0.3, 0.4) is 0 Å². The van der Waals surface area contributed by atoms with Gasteiger partial charge in [-0.25, -0.2) is 0 Å². The molecule has 0 fully saturated rings. The summed E-state index contributed by atoms with van der Waals surface area (Å²) in [5, 5.41) is 0. The summed E-state index contributed by atoms with van der Waals surface area (Å²) in [6, 6.07) is 0. The molecule has 2 N–H and O–H groups in total. The van der Waals surface area contributed by atoms with Crippen molar-refractivity contribution in [1.82, 2.24) is 0 Å². The third-order valence-corrected chi connectivity index (χ3v) is 1.26. The van der Waals surface area contributed by atoms with Gasteiger partial charge in [-0.3, -0.25) is 0 Å². The van der Waals surface area contributed by atoms with E-state index in [0.717, 1.165) is 5.57 Å². The van der Waals surface area contributed by atoms with Gasteiger partial charge in [0, 0.05) is 0 Å². The van der Waals surface area contributed by atoms with Gasteiger partial charge >= 0.3 is 57.7 Å². The van der Waals surface area contributed by atoms with Crippen LogP contribution in [0.4, 0.5) is 0 Å². The minimum absolute atomic E-state index is 1.13. The van der Waals surface area contributed by atoms with Crippen LogP contribution < -0.4 is 5.73 Å². The van der Waals surface area contributed by atoms with Crippen LogP contribution >= 0.6 is 0 Å². The molecule has 0 bridgehead atoms. The zero-order chi connectivity index (χ0) is 5.98. The molecule has 0 aromatic rings. The zero-order valence-electron chi connectivity index (χ0n) is 4.89. The standard InChI is InChI=1S/C6H6N.Li/c7-5-6-3-1-2-4-6;/h1-3,5H,7H2;. The van der Waals surface area contributed by atoms with Crippen molar-refractivity contribution in [3.63, 3.8) is 0 Å². The Hall–Kier alpha value is -0.383. The second kappa shape index (κ2) is 2.26. The molecule has 1 aliphatic rings. The maximum absolute atomic E-state index is 5.27. The first kappa shape index (κ1) is 5.75. The van der Waals surface area contributed by atoms with Gasteiger partial charge < -0.3 is 0 Å². The Morgan fingerprint density at radius 2 is 2.38 bits per heavy atom. The van der Waals surface area contributed by atoms with E-state index in [2.05, 4.69) is 0 Å². The zero-order valence-corrected chi connectivity index (χ0v) is 4.89. The predicted molar refractivity (Wildman–Crippen MR) is 35.2 cm³/mol. The molecule has 0 atom stereocenters. The van der Waals surface area contributed by atoms with Crippen molar-refractivity contribution < 1.29 is 0 Å². The van der Waals surface area contributed by atoms with E-state index in [1.165, 1.54) is 4.25 Å². The molecule has 0 heterocycles. The Kier molecular flexibility index (Phi) is 1.62. The first-order valence-electron chi connectivity index (χ1n) is 2.62. The van der Waals surface area contributed by atoms with Crippen molar-refractivity contribution in [1.29, 1.82) is 0 Å². The first-order chi connectivity index (χ1) is 3.84. The summed E-state index contributed by atoms with van der Waals surface area (Å²) in [5.74, 6) is 0. The second-order valence-electron chi connectivity index (χ2n) is 1.83. The van der Waals surface area contributed by atoms with Gasteiger partial charge in [-0.15, -0.1) is 0 Å². The Morgan fingerprint density at radius 1 is 1.62 bits per heavy atom. The summed E-state index contributed by atoms with van der Waals surface area (Å²) in [6.45, 7) is 0. The van der Waals surface area contributed by atoms with Crippen molar-refractivity contribution in [2.45, 2.75) is 0 Å². The van der Waals surface area contributed by atoms with Gasteiger partial charge in [0.1, 0.15) is 0 Å². The average molecular weight is 99.1 g/mol. The van der Waals surface area contributed by atoms with Crippen LogP contribution in [0, 0.1) is 0 Å². The molecule has 1 aliphatic carbocycles. The van der Waals surface area contributed by atoms with Gasteiger partial charge in [-0.05, 0) is 0 Å². The third kappa shape index (κ3) is 0.887. The van der Waals surface area contributed by atoms with Crippen LogP contribution in [0.15, 0.2) is 34.2 Å². The molecule has 0 aromatic carbocycles. The quantitative estimate of drug-likeness (QED) is 0.438. The van der Waals surface area contributed by atoms with Gasteiger partial charge in [0.25, 0.3) is 0 Å². The average Bonchev–Trinajstić information content (AvgIpc) is 2.14. The normalized spacial score (nSPS) is 22.2. The molecule has 2 heteroatoms. The van der Waals surface area contributed by atoms with E-state index in [1.807, 2.05) is 35.9 Å². The van der Waals surface area contributed by atoms with E-state index >= 15 is 0 Å². The third-order valence-electron chi connectivity index (χ3n) is 1.26. The Balaban J connectivity index is 2.88. The molecule has 0 unspecified atom stereocenters. The van der Waals surface area contributed by atoms with Crippen molar-refractivity contribution in [3.8, 4) is 0 Å². The molecule has 0 radical (unpaired) electrons. The second-order valence-corrected chi connectivity index (χ2v) is 1.83. The summed E-state index contributed by atoms with van der Waals surface area (Å²) in [6.07, 6.45) is 7.65. The van der Waals surface area contributed by atoms with E-state index < -0.39 is 0 Å². The first-order valence-corrected chi connectivity index (χ1v) is 2.62. The van der Waals surface area contributed by atoms with E-state index in [1.54, 1.807) is 6.20 Å². The minimum atomic E-state index is 1.13. The van der Waals surface area contributed by atoms with Crippen LogP contribution in [-0.4, -0.2) is 17.7 Å². The fourth-order valence-corrected chi connectivity index (χ4v) is 0.711. The monoisotopic (exact) mass is 99.1 g/mol. The SMILES string of the molecule is [Li][C]1=CC=CC1=CN. The van der Waals surface area contributed by atoms with Gasteiger partial charge in [-0.2, -0.15) is 0 Å². The fourth-order valence-electron chi connectivity index (χ4n) is 0.711. The molecule has 0 saturated heterocycles. The van der Waals surface area contributed by atoms with Gasteiger partial charge in [0.15, 0.2) is 0 Å². The van der Waals surface area contributed by atoms with Gasteiger partial charge in [-0.1, -0.05) is 0 Å². The number of hydrogen-bond donors (Lipinski definition) is 1. The van der Waals surface area contributed by atoms with Crippen LogP contribution in [-0.2, 0) is 0 Å². The van der Waals surface area contributed by atoms with Crippen molar-refractivity contribution in [3.05, 3.63) is 34.2 Å². The molecular formula is C6H6LiN. The predicted octanol–water partition coefficient (Wildman–Crippen LogP) is 0.451. The van der Waals surface area contributed by atoms with E-state index in [9.17, 15) is 0 Å². The molecule has 1 nitrogen and oxygen atoms in total. The van der Waals surface area contributed by atoms with E-state index in [-0.39, 0.29) is 0 Å². The Labute approximate surface area is 58.2 Å². The van der Waals surface area contributed by atoms with E-state index in [4.69, 9.17) is 5.73 Å². The Bertz CT molecular complexity index is 177. The molecule has 36 valence electrons. The molecule has 0 spiro atoms. The number of hydrogen-bond acceptors (Lipinski definition) is 1. The molecule has 1 rings (SSSR count). The molecule has 0 aliphatic heterocycles. The molecular weight excluding hydrogens is 93.0 g/mol. The summed E-state index contributed by atoms with van der Waals surface area (Å²) in [4.78, 5) is 0. The van der Waals surface area contributed by atoms with Crippen LogP contribution in [0.25, 0.3) is 0 Å². The number of allylic oxidation sites excluding steroid dienone is 5. The van der Waals surface area contributed by atoms with Crippen molar-refractivity contribution >= 4 is 17.7 Å². The Morgan fingerprint density at radius 3 is 2.62 bits per heavy atom. The van der Waals surface area contributed by atoms with Crippen LogP contribution in [0.1, 0.15) is 0 Å². The molecule has 8 heavy (non-hydrogen) atoms. The van der Waals surface area contributed by atoms with Crippen LogP contribution in [0.2, 0.25) is 0 Å².